The van der Waals surface area contributed by atoms with Crippen molar-refractivity contribution in [3.05, 3.63) is 33.4 Å². The highest BCUT2D eigenvalue weighted by Gasteiger charge is 2.32. The maximum Gasteiger partial charge on any atom is 0.446 e. The zero-order chi connectivity index (χ0) is 16.9. The maximum atomic E-state index is 12.4. The smallest absolute Gasteiger partial charge is 0.446 e. The quantitative estimate of drug-likeness (QED) is 0.355. The standard InChI is InChI=1S/C12H9F3N2O4S/c1-2-21-10(18)5-7-3-9(22-12(13,14)15)4-8(6-16)11(7)17(19)20/h3-4H,2,5H2,1H3. The predicted molar refractivity (Wildman–Crippen MR) is 70.1 cm³/mol. The summed E-state index contributed by atoms with van der Waals surface area (Å²) in [5.74, 6) is -0.830. The van der Waals surface area contributed by atoms with E-state index in [1.165, 1.54) is 13.0 Å². The Morgan fingerprint density at radius 1 is 1.50 bits per heavy atom. The summed E-state index contributed by atoms with van der Waals surface area (Å²) in [5.41, 5.74) is -6.15. The van der Waals surface area contributed by atoms with Crippen LogP contribution in [0.25, 0.3) is 0 Å². The first-order valence-corrected chi connectivity index (χ1v) is 6.62. The van der Waals surface area contributed by atoms with Gasteiger partial charge in [-0.3, -0.25) is 14.9 Å². The highest BCUT2D eigenvalue weighted by atomic mass is 32.2. The molecule has 1 rings (SSSR count). The largest absolute Gasteiger partial charge is 0.466 e. The van der Waals surface area contributed by atoms with Gasteiger partial charge in [-0.05, 0) is 30.8 Å². The van der Waals surface area contributed by atoms with Gasteiger partial charge in [0.05, 0.1) is 18.0 Å². The van der Waals surface area contributed by atoms with Gasteiger partial charge in [-0.15, -0.1) is 0 Å². The van der Waals surface area contributed by atoms with E-state index in [0.29, 0.717) is 0 Å². The predicted octanol–water partition coefficient (Wildman–Crippen LogP) is 3.18. The van der Waals surface area contributed by atoms with Gasteiger partial charge in [0, 0.05) is 10.5 Å². The molecule has 0 radical (unpaired) electrons. The molecule has 0 aliphatic carbocycles. The lowest BCUT2D eigenvalue weighted by atomic mass is 10.1. The Morgan fingerprint density at radius 3 is 2.59 bits per heavy atom. The zero-order valence-corrected chi connectivity index (χ0v) is 12.0. The van der Waals surface area contributed by atoms with Crippen LogP contribution in [0.2, 0.25) is 0 Å². The average Bonchev–Trinajstić information content (AvgIpc) is 2.35. The monoisotopic (exact) mass is 334 g/mol. The van der Waals surface area contributed by atoms with Gasteiger partial charge >= 0.3 is 11.5 Å². The van der Waals surface area contributed by atoms with Crippen LogP contribution in [-0.2, 0) is 16.0 Å². The van der Waals surface area contributed by atoms with Crippen LogP contribution in [0.4, 0.5) is 18.9 Å². The van der Waals surface area contributed by atoms with Crippen molar-refractivity contribution in [3.8, 4) is 6.07 Å². The highest BCUT2D eigenvalue weighted by molar-refractivity contribution is 8.00. The molecule has 1 aromatic rings. The molecule has 0 unspecified atom stereocenters. The van der Waals surface area contributed by atoms with Gasteiger partial charge in [-0.25, -0.2) is 0 Å². The van der Waals surface area contributed by atoms with Gasteiger partial charge in [0.1, 0.15) is 11.6 Å². The number of thioether (sulfide) groups is 1. The van der Waals surface area contributed by atoms with Crippen LogP contribution in [0.3, 0.4) is 0 Å². The first kappa shape index (κ1) is 17.8. The third kappa shape index (κ3) is 4.92. The molecule has 0 amide bonds. The van der Waals surface area contributed by atoms with Gasteiger partial charge in [-0.1, -0.05) is 0 Å². The van der Waals surface area contributed by atoms with Crippen LogP contribution in [0, 0.1) is 21.4 Å². The maximum absolute atomic E-state index is 12.4. The molecular formula is C12H9F3N2O4S. The number of alkyl halides is 3. The van der Waals surface area contributed by atoms with Crippen molar-refractivity contribution >= 4 is 23.4 Å². The molecule has 0 spiro atoms. The molecular weight excluding hydrogens is 325 g/mol. The highest BCUT2D eigenvalue weighted by Crippen LogP contribution is 2.39. The second-order valence-electron chi connectivity index (χ2n) is 3.88. The Kier molecular flexibility index (Phi) is 5.76. The minimum absolute atomic E-state index is 0.0225. The zero-order valence-electron chi connectivity index (χ0n) is 11.1. The Morgan fingerprint density at radius 2 is 2.14 bits per heavy atom. The Hall–Kier alpha value is -2.28. The number of nitro benzene ring substituents is 1. The number of esters is 1. The van der Waals surface area contributed by atoms with Crippen molar-refractivity contribution in [2.45, 2.75) is 23.7 Å². The summed E-state index contributed by atoms with van der Waals surface area (Å²) in [4.78, 5) is 21.1. The number of carbonyl (C=O) groups is 1. The fourth-order valence-electron chi connectivity index (χ4n) is 1.66. The molecule has 0 atom stereocenters. The first-order valence-electron chi connectivity index (χ1n) is 5.80. The summed E-state index contributed by atoms with van der Waals surface area (Å²) in [6.07, 6.45) is -0.592. The number of hydrogen-bond donors (Lipinski definition) is 0. The topological polar surface area (TPSA) is 93.2 Å². The van der Waals surface area contributed by atoms with Crippen LogP contribution in [0.15, 0.2) is 17.0 Å². The van der Waals surface area contributed by atoms with Gasteiger partial charge in [0.25, 0.3) is 5.69 Å². The molecule has 0 aromatic heterocycles. The van der Waals surface area contributed by atoms with Crippen molar-refractivity contribution < 1.29 is 27.6 Å². The van der Waals surface area contributed by atoms with E-state index in [4.69, 9.17) is 5.26 Å². The Bertz CT molecular complexity index is 640. The van der Waals surface area contributed by atoms with Crippen molar-refractivity contribution in [3.63, 3.8) is 0 Å². The van der Waals surface area contributed by atoms with E-state index in [-0.39, 0.29) is 12.2 Å². The van der Waals surface area contributed by atoms with Crippen molar-refractivity contribution in [1.29, 1.82) is 5.26 Å². The van der Waals surface area contributed by atoms with Gasteiger partial charge in [0.2, 0.25) is 0 Å². The van der Waals surface area contributed by atoms with Crippen molar-refractivity contribution in [2.75, 3.05) is 6.61 Å². The molecule has 22 heavy (non-hydrogen) atoms. The van der Waals surface area contributed by atoms with Gasteiger partial charge < -0.3 is 4.74 Å². The number of nitrogens with zero attached hydrogens (tertiary/aromatic N) is 2. The summed E-state index contributed by atoms with van der Waals surface area (Å²) in [6, 6.07) is 3.11. The minimum atomic E-state index is -4.62. The molecule has 0 heterocycles. The van der Waals surface area contributed by atoms with E-state index >= 15 is 0 Å². The lowest BCUT2D eigenvalue weighted by molar-refractivity contribution is -0.385. The molecule has 0 saturated carbocycles. The number of halogens is 3. The summed E-state index contributed by atoms with van der Waals surface area (Å²) in [7, 11) is 0. The SMILES string of the molecule is CCOC(=O)Cc1cc(SC(F)(F)F)cc(C#N)c1[N+](=O)[O-]. The Labute approximate surface area is 127 Å². The average molecular weight is 334 g/mol. The molecule has 118 valence electrons. The van der Waals surface area contributed by atoms with Gasteiger partial charge in [0.15, 0.2) is 0 Å². The van der Waals surface area contributed by atoms with Crippen LogP contribution >= 0.6 is 11.8 Å². The van der Waals surface area contributed by atoms with Crippen LogP contribution in [0.1, 0.15) is 18.1 Å². The fourth-order valence-corrected chi connectivity index (χ4v) is 2.31. The van der Waals surface area contributed by atoms with E-state index in [1.54, 1.807) is 0 Å². The first-order chi connectivity index (χ1) is 10.2. The number of hydrogen-bond acceptors (Lipinski definition) is 6. The number of benzene rings is 1. The molecule has 0 bridgehead atoms. The molecule has 0 aliphatic rings. The van der Waals surface area contributed by atoms with Crippen LogP contribution in [0.5, 0.6) is 0 Å². The summed E-state index contributed by atoms with van der Waals surface area (Å²) in [6.45, 7) is 1.54. The van der Waals surface area contributed by atoms with Crippen molar-refractivity contribution in [1.82, 2.24) is 0 Å². The van der Waals surface area contributed by atoms with E-state index in [0.717, 1.165) is 12.1 Å². The van der Waals surface area contributed by atoms with E-state index in [2.05, 4.69) is 4.74 Å². The fraction of sp³-hybridized carbons (Fsp3) is 0.333. The number of rotatable bonds is 5. The molecule has 6 nitrogen and oxygen atoms in total. The summed E-state index contributed by atoms with van der Waals surface area (Å²) < 4.78 is 41.8. The van der Waals surface area contributed by atoms with E-state index in [9.17, 15) is 28.1 Å². The molecule has 0 saturated heterocycles. The lowest BCUT2D eigenvalue weighted by Crippen LogP contribution is -2.10. The second kappa shape index (κ2) is 7.13. The lowest BCUT2D eigenvalue weighted by Gasteiger charge is -2.09. The van der Waals surface area contributed by atoms with E-state index in [1.807, 2.05) is 0 Å². The van der Waals surface area contributed by atoms with Crippen LogP contribution < -0.4 is 0 Å². The van der Waals surface area contributed by atoms with Crippen molar-refractivity contribution in [2.24, 2.45) is 0 Å². The summed E-state index contributed by atoms with van der Waals surface area (Å²) >= 11 is -0.521. The molecule has 0 aliphatic heterocycles. The molecule has 0 N–H and O–H groups in total. The summed E-state index contributed by atoms with van der Waals surface area (Å²) in [5, 5.41) is 19.9. The number of ether oxygens (including phenoxy) is 1. The molecule has 10 heteroatoms. The third-order valence-electron chi connectivity index (χ3n) is 2.34. The number of nitro groups is 1. The normalized spacial score (nSPS) is 10.9. The minimum Gasteiger partial charge on any atom is -0.466 e. The number of nitriles is 1. The second-order valence-corrected chi connectivity index (χ2v) is 5.02. The number of carbonyl (C=O) groups excluding carboxylic acids is 1. The van der Waals surface area contributed by atoms with E-state index < -0.39 is 50.7 Å². The third-order valence-corrected chi connectivity index (χ3v) is 3.04. The Balaban J connectivity index is 3.35. The molecule has 1 aromatic carbocycles. The van der Waals surface area contributed by atoms with Crippen LogP contribution in [-0.4, -0.2) is 23.0 Å². The van der Waals surface area contributed by atoms with Gasteiger partial charge in [-0.2, -0.15) is 18.4 Å². The molecule has 0 fully saturated rings.